The van der Waals surface area contributed by atoms with Gasteiger partial charge in [-0.1, -0.05) is 30.3 Å². The van der Waals surface area contributed by atoms with E-state index in [0.717, 1.165) is 5.56 Å². The Morgan fingerprint density at radius 1 is 1.05 bits per heavy atom. The lowest BCUT2D eigenvalue weighted by Crippen LogP contribution is -2.34. The van der Waals surface area contributed by atoms with Crippen molar-refractivity contribution in [2.75, 3.05) is 5.73 Å². The Morgan fingerprint density at radius 2 is 1.81 bits per heavy atom. The molecule has 4 nitrogen and oxygen atoms in total. The van der Waals surface area contributed by atoms with Crippen molar-refractivity contribution in [2.45, 2.75) is 13.5 Å². The molecule has 0 spiro atoms. The van der Waals surface area contributed by atoms with E-state index in [1.165, 1.54) is 11.1 Å². The summed E-state index contributed by atoms with van der Waals surface area (Å²) in [4.78, 5) is 8.42. The van der Waals surface area contributed by atoms with Crippen LogP contribution in [0.4, 0.5) is 5.82 Å². The number of aromatic nitrogens is 3. The molecule has 0 amide bonds. The lowest BCUT2D eigenvalue weighted by Gasteiger charge is -2.04. The smallest absolute Gasteiger partial charge is 0.178 e. The van der Waals surface area contributed by atoms with Crippen molar-refractivity contribution < 1.29 is 4.57 Å². The molecule has 0 saturated carbocycles. The normalized spacial score (nSPS) is 10.5. The lowest BCUT2D eigenvalue weighted by molar-refractivity contribution is -0.687. The van der Waals surface area contributed by atoms with Crippen molar-refractivity contribution in [2.24, 2.45) is 0 Å². The fourth-order valence-corrected chi connectivity index (χ4v) is 2.25. The first-order chi connectivity index (χ1) is 10.2. The van der Waals surface area contributed by atoms with E-state index in [1.54, 1.807) is 6.20 Å². The molecule has 0 aliphatic rings. The molecule has 0 unspecified atom stereocenters. The first-order valence-corrected chi connectivity index (χ1v) is 6.85. The molecule has 21 heavy (non-hydrogen) atoms. The zero-order valence-corrected chi connectivity index (χ0v) is 11.9. The average molecular weight is 277 g/mol. The van der Waals surface area contributed by atoms with Gasteiger partial charge in [0.15, 0.2) is 18.9 Å². The number of nitrogens with two attached hydrogens (primary N) is 1. The van der Waals surface area contributed by atoms with Gasteiger partial charge in [-0.25, -0.2) is 9.97 Å². The number of nitrogens with zero attached hydrogens (tertiary/aromatic N) is 3. The topological polar surface area (TPSA) is 55.7 Å². The Hall–Kier alpha value is -2.75. The van der Waals surface area contributed by atoms with E-state index in [0.29, 0.717) is 18.2 Å². The minimum absolute atomic E-state index is 0.542. The molecule has 0 aliphatic carbocycles. The summed E-state index contributed by atoms with van der Waals surface area (Å²) >= 11 is 0. The Bertz CT molecular complexity index is 754. The van der Waals surface area contributed by atoms with Crippen LogP contribution in [0.1, 0.15) is 11.4 Å². The Kier molecular flexibility index (Phi) is 3.60. The summed E-state index contributed by atoms with van der Waals surface area (Å²) < 4.78 is 2.09. The lowest BCUT2D eigenvalue weighted by atomic mass is 10.1. The average Bonchev–Trinajstić information content (AvgIpc) is 2.51. The molecule has 2 N–H and O–H groups in total. The van der Waals surface area contributed by atoms with Crippen LogP contribution in [0.5, 0.6) is 0 Å². The van der Waals surface area contributed by atoms with Crippen LogP contribution >= 0.6 is 0 Å². The Balaban J connectivity index is 1.90. The summed E-state index contributed by atoms with van der Waals surface area (Å²) in [6.45, 7) is 2.50. The molecule has 0 bridgehead atoms. The number of rotatable bonds is 3. The van der Waals surface area contributed by atoms with Crippen LogP contribution < -0.4 is 10.3 Å². The van der Waals surface area contributed by atoms with Gasteiger partial charge in [0.1, 0.15) is 11.6 Å². The summed E-state index contributed by atoms with van der Waals surface area (Å²) in [5, 5.41) is 0. The highest BCUT2D eigenvalue weighted by Gasteiger charge is 2.10. The number of nitrogen functional groups attached to an aromatic ring is 1. The van der Waals surface area contributed by atoms with Crippen molar-refractivity contribution in [3.05, 3.63) is 72.4 Å². The predicted molar refractivity (Wildman–Crippen MR) is 82.4 cm³/mol. The van der Waals surface area contributed by atoms with Crippen LogP contribution in [0, 0.1) is 6.92 Å². The van der Waals surface area contributed by atoms with Gasteiger partial charge >= 0.3 is 0 Å². The van der Waals surface area contributed by atoms with Gasteiger partial charge in [0, 0.05) is 17.8 Å². The van der Waals surface area contributed by atoms with Gasteiger partial charge in [0.2, 0.25) is 0 Å². The maximum absolute atomic E-state index is 5.95. The maximum Gasteiger partial charge on any atom is 0.178 e. The zero-order valence-electron chi connectivity index (χ0n) is 11.9. The highest BCUT2D eigenvalue weighted by molar-refractivity contribution is 5.61. The van der Waals surface area contributed by atoms with Gasteiger partial charge in [0.05, 0.1) is 5.56 Å². The van der Waals surface area contributed by atoms with Gasteiger partial charge in [-0.3, -0.25) is 0 Å². The van der Waals surface area contributed by atoms with Crippen LogP contribution in [-0.4, -0.2) is 9.97 Å². The molecule has 0 radical (unpaired) electrons. The third kappa shape index (κ3) is 3.05. The zero-order chi connectivity index (χ0) is 14.7. The Morgan fingerprint density at radius 3 is 2.57 bits per heavy atom. The number of hydrogen-bond acceptors (Lipinski definition) is 3. The van der Waals surface area contributed by atoms with Crippen LogP contribution in [-0.2, 0) is 6.54 Å². The van der Waals surface area contributed by atoms with Crippen molar-refractivity contribution in [3.63, 3.8) is 0 Å². The SMILES string of the molecule is Cc1ncc(C[n+]2cccc(-c3ccccc3)c2)c(N)n1. The van der Waals surface area contributed by atoms with Gasteiger partial charge in [0.25, 0.3) is 0 Å². The molecule has 1 aromatic carbocycles. The molecule has 2 aromatic heterocycles. The van der Waals surface area contributed by atoms with E-state index >= 15 is 0 Å². The van der Waals surface area contributed by atoms with E-state index in [9.17, 15) is 0 Å². The standard InChI is InChI=1S/C17H17N4/c1-13-19-10-16(17(18)20-13)12-21-9-5-8-15(11-21)14-6-3-2-4-7-14/h2-11H,12H2,1H3,(H2,18,19,20)/q+1. The fraction of sp³-hybridized carbons (Fsp3) is 0.118. The molecule has 0 fully saturated rings. The van der Waals surface area contributed by atoms with Crippen LogP contribution in [0.3, 0.4) is 0 Å². The molecular formula is C17H17N4+. The van der Waals surface area contributed by atoms with Crippen LogP contribution in [0.2, 0.25) is 0 Å². The van der Waals surface area contributed by atoms with Gasteiger partial charge in [-0.2, -0.15) is 4.57 Å². The highest BCUT2D eigenvalue weighted by Crippen LogP contribution is 2.16. The fourth-order valence-electron chi connectivity index (χ4n) is 2.25. The quantitative estimate of drug-likeness (QED) is 0.748. The summed E-state index contributed by atoms with van der Waals surface area (Å²) in [7, 11) is 0. The third-order valence-electron chi connectivity index (χ3n) is 3.34. The summed E-state index contributed by atoms with van der Waals surface area (Å²) in [6, 6.07) is 14.4. The van der Waals surface area contributed by atoms with Crippen LogP contribution in [0.15, 0.2) is 61.1 Å². The van der Waals surface area contributed by atoms with Crippen molar-refractivity contribution in [1.29, 1.82) is 0 Å². The number of anilines is 1. The molecule has 0 aliphatic heterocycles. The van der Waals surface area contributed by atoms with Crippen molar-refractivity contribution in [1.82, 2.24) is 9.97 Å². The van der Waals surface area contributed by atoms with Gasteiger partial charge in [-0.15, -0.1) is 0 Å². The summed E-state index contributed by atoms with van der Waals surface area (Å²) in [5.41, 5.74) is 9.25. The second-order valence-corrected chi connectivity index (χ2v) is 4.96. The molecule has 3 rings (SSSR count). The number of hydrogen-bond donors (Lipinski definition) is 1. The monoisotopic (exact) mass is 277 g/mol. The number of benzene rings is 1. The van der Waals surface area contributed by atoms with Gasteiger partial charge in [-0.05, 0) is 18.6 Å². The Labute approximate surface area is 123 Å². The number of pyridine rings is 1. The first-order valence-electron chi connectivity index (χ1n) is 6.85. The number of aryl methyl sites for hydroxylation is 1. The minimum atomic E-state index is 0.542. The minimum Gasteiger partial charge on any atom is -0.383 e. The van der Waals surface area contributed by atoms with E-state index in [2.05, 4.69) is 38.9 Å². The van der Waals surface area contributed by atoms with Crippen LogP contribution in [0.25, 0.3) is 11.1 Å². The second-order valence-electron chi connectivity index (χ2n) is 4.96. The maximum atomic E-state index is 5.95. The van der Waals surface area contributed by atoms with E-state index in [4.69, 9.17) is 5.73 Å². The predicted octanol–water partition coefficient (Wildman–Crippen LogP) is 2.37. The molecule has 4 heteroatoms. The summed E-state index contributed by atoms with van der Waals surface area (Å²) in [6.07, 6.45) is 5.92. The molecule has 0 saturated heterocycles. The molecule has 2 heterocycles. The second kappa shape index (κ2) is 5.71. The molecular weight excluding hydrogens is 260 g/mol. The van der Waals surface area contributed by atoms with E-state index < -0.39 is 0 Å². The van der Waals surface area contributed by atoms with Crippen molar-refractivity contribution >= 4 is 5.82 Å². The van der Waals surface area contributed by atoms with E-state index in [1.807, 2.05) is 37.4 Å². The molecule has 3 aromatic rings. The summed E-state index contributed by atoms with van der Waals surface area (Å²) in [5.74, 6) is 1.24. The highest BCUT2D eigenvalue weighted by atomic mass is 15.0. The largest absolute Gasteiger partial charge is 0.383 e. The molecule has 104 valence electrons. The van der Waals surface area contributed by atoms with Gasteiger partial charge < -0.3 is 5.73 Å². The van der Waals surface area contributed by atoms with Crippen molar-refractivity contribution in [3.8, 4) is 11.1 Å². The third-order valence-corrected chi connectivity index (χ3v) is 3.34. The van der Waals surface area contributed by atoms with E-state index in [-0.39, 0.29) is 0 Å². The first kappa shape index (κ1) is 13.2. The molecule has 0 atom stereocenters.